The Bertz CT molecular complexity index is 593. The fourth-order valence-corrected chi connectivity index (χ4v) is 3.00. The largest absolute Gasteiger partial charge is 0.480 e. The Morgan fingerprint density at radius 2 is 1.79 bits per heavy atom. The van der Waals surface area contributed by atoms with E-state index in [0.717, 1.165) is 0 Å². The van der Waals surface area contributed by atoms with Gasteiger partial charge in [-0.05, 0) is 30.9 Å². The van der Waals surface area contributed by atoms with Crippen molar-refractivity contribution < 1.29 is 27.1 Å². The van der Waals surface area contributed by atoms with Gasteiger partial charge >= 0.3 is 5.97 Å². The summed E-state index contributed by atoms with van der Waals surface area (Å²) in [4.78, 5) is 10.3. The number of sulfonamides is 1. The Morgan fingerprint density at radius 1 is 1.26 bits per heavy atom. The van der Waals surface area contributed by atoms with E-state index in [1.165, 1.54) is 0 Å². The number of carboxylic acids is 1. The highest BCUT2D eigenvalue weighted by Crippen LogP contribution is 2.33. The summed E-state index contributed by atoms with van der Waals surface area (Å²) >= 11 is 0. The lowest BCUT2D eigenvalue weighted by Gasteiger charge is -2.14. The molecule has 0 radical (unpaired) electrons. The standard InChI is InChI=1S/C11H11F2NO4S/c12-7-3-8(13)5-9(4-7)19(17,18)14-10(11(15)16)6-1-2-6/h3-6,10,14H,1-2H2,(H,15,16). The van der Waals surface area contributed by atoms with Crippen molar-refractivity contribution in [2.45, 2.75) is 23.8 Å². The van der Waals surface area contributed by atoms with Crippen LogP contribution in [0.1, 0.15) is 12.8 Å². The van der Waals surface area contributed by atoms with E-state index in [2.05, 4.69) is 0 Å². The van der Waals surface area contributed by atoms with Crippen LogP contribution in [0.2, 0.25) is 0 Å². The van der Waals surface area contributed by atoms with Crippen LogP contribution in [-0.4, -0.2) is 25.5 Å². The lowest BCUT2D eigenvalue weighted by Crippen LogP contribution is -2.42. The van der Waals surface area contributed by atoms with Gasteiger partial charge in [0.25, 0.3) is 0 Å². The molecule has 1 fully saturated rings. The summed E-state index contributed by atoms with van der Waals surface area (Å²) in [6.07, 6.45) is 1.22. The minimum atomic E-state index is -4.27. The van der Waals surface area contributed by atoms with Crippen LogP contribution in [-0.2, 0) is 14.8 Å². The number of hydrogen-bond donors (Lipinski definition) is 2. The number of benzene rings is 1. The fourth-order valence-electron chi connectivity index (χ4n) is 1.70. The van der Waals surface area contributed by atoms with Crippen molar-refractivity contribution in [2.24, 2.45) is 5.92 Å². The third kappa shape index (κ3) is 3.27. The SMILES string of the molecule is O=C(O)C(NS(=O)(=O)c1cc(F)cc(F)c1)C1CC1. The van der Waals surface area contributed by atoms with E-state index in [1.54, 1.807) is 0 Å². The summed E-state index contributed by atoms with van der Waals surface area (Å²) in [6.45, 7) is 0. The molecule has 1 aromatic rings. The smallest absolute Gasteiger partial charge is 0.322 e. The van der Waals surface area contributed by atoms with Crippen molar-refractivity contribution in [3.63, 3.8) is 0 Å². The molecule has 1 aliphatic carbocycles. The number of hydrogen-bond acceptors (Lipinski definition) is 3. The van der Waals surface area contributed by atoms with Crippen molar-refractivity contribution >= 4 is 16.0 Å². The lowest BCUT2D eigenvalue weighted by atomic mass is 10.2. The maximum absolute atomic E-state index is 13.0. The number of nitrogens with one attached hydrogen (secondary N) is 1. The van der Waals surface area contributed by atoms with E-state index >= 15 is 0 Å². The van der Waals surface area contributed by atoms with Crippen LogP contribution in [0.15, 0.2) is 23.1 Å². The second kappa shape index (κ2) is 4.86. The molecule has 0 saturated heterocycles. The molecule has 1 atom stereocenters. The topological polar surface area (TPSA) is 83.5 Å². The molecule has 0 aromatic heterocycles. The van der Waals surface area contributed by atoms with Crippen LogP contribution in [0, 0.1) is 17.6 Å². The summed E-state index contributed by atoms with van der Waals surface area (Å²) in [5, 5.41) is 8.93. The van der Waals surface area contributed by atoms with Crippen LogP contribution >= 0.6 is 0 Å². The molecule has 1 aliphatic rings. The summed E-state index contributed by atoms with van der Waals surface area (Å²) in [5.41, 5.74) is 0. The van der Waals surface area contributed by atoms with Crippen LogP contribution < -0.4 is 4.72 Å². The van der Waals surface area contributed by atoms with Crippen LogP contribution in [0.25, 0.3) is 0 Å². The number of halogens is 2. The molecule has 8 heteroatoms. The molecule has 0 heterocycles. The molecular formula is C11H11F2NO4S. The number of rotatable bonds is 5. The number of carbonyl (C=O) groups is 1. The van der Waals surface area contributed by atoms with Gasteiger partial charge in [-0.3, -0.25) is 4.79 Å². The zero-order valence-electron chi connectivity index (χ0n) is 9.64. The maximum Gasteiger partial charge on any atom is 0.322 e. The average molecular weight is 291 g/mol. The normalized spacial score (nSPS) is 17.2. The van der Waals surface area contributed by atoms with E-state index in [-0.39, 0.29) is 5.92 Å². The third-order valence-corrected chi connectivity index (χ3v) is 4.21. The van der Waals surface area contributed by atoms with Crippen molar-refractivity contribution in [3.8, 4) is 0 Å². The highest BCUT2D eigenvalue weighted by Gasteiger charge is 2.39. The predicted octanol–water partition coefficient (Wildman–Crippen LogP) is 1.11. The van der Waals surface area contributed by atoms with E-state index in [4.69, 9.17) is 5.11 Å². The molecule has 0 amide bonds. The Morgan fingerprint density at radius 3 is 2.21 bits per heavy atom. The monoisotopic (exact) mass is 291 g/mol. The van der Waals surface area contributed by atoms with Gasteiger partial charge in [-0.15, -0.1) is 0 Å². The average Bonchev–Trinajstić information content (AvgIpc) is 3.08. The first-order valence-electron chi connectivity index (χ1n) is 5.51. The first-order chi connectivity index (χ1) is 8.79. The Hall–Kier alpha value is -1.54. The van der Waals surface area contributed by atoms with Crippen LogP contribution in [0.3, 0.4) is 0 Å². The molecule has 0 spiro atoms. The van der Waals surface area contributed by atoms with Crippen molar-refractivity contribution in [3.05, 3.63) is 29.8 Å². The van der Waals surface area contributed by atoms with Gasteiger partial charge in [-0.25, -0.2) is 17.2 Å². The molecule has 104 valence electrons. The van der Waals surface area contributed by atoms with Crippen molar-refractivity contribution in [2.75, 3.05) is 0 Å². The van der Waals surface area contributed by atoms with Crippen LogP contribution in [0.4, 0.5) is 8.78 Å². The van der Waals surface area contributed by atoms with Gasteiger partial charge in [0.15, 0.2) is 0 Å². The summed E-state index contributed by atoms with van der Waals surface area (Å²) < 4.78 is 51.7. The molecule has 5 nitrogen and oxygen atoms in total. The van der Waals surface area contributed by atoms with Crippen molar-refractivity contribution in [1.29, 1.82) is 0 Å². The number of aliphatic carboxylic acids is 1. The van der Waals surface area contributed by atoms with Crippen LogP contribution in [0.5, 0.6) is 0 Å². The first kappa shape index (κ1) is 13.9. The Balaban J connectivity index is 2.28. The Kier molecular flexibility index (Phi) is 3.55. The summed E-state index contributed by atoms with van der Waals surface area (Å²) in [6, 6.07) is 0.541. The maximum atomic E-state index is 13.0. The lowest BCUT2D eigenvalue weighted by molar-refractivity contribution is -0.139. The van der Waals surface area contributed by atoms with Gasteiger partial charge < -0.3 is 5.11 Å². The fraction of sp³-hybridized carbons (Fsp3) is 0.364. The molecule has 1 saturated carbocycles. The minimum Gasteiger partial charge on any atom is -0.480 e. The third-order valence-electron chi connectivity index (χ3n) is 2.79. The van der Waals surface area contributed by atoms with Gasteiger partial charge in [0, 0.05) is 6.07 Å². The second-order valence-electron chi connectivity index (χ2n) is 4.38. The van der Waals surface area contributed by atoms with Gasteiger partial charge in [0.05, 0.1) is 4.90 Å². The quantitative estimate of drug-likeness (QED) is 0.851. The molecule has 2 N–H and O–H groups in total. The highest BCUT2D eigenvalue weighted by molar-refractivity contribution is 7.89. The summed E-state index contributed by atoms with van der Waals surface area (Å²) in [7, 11) is -4.27. The zero-order valence-corrected chi connectivity index (χ0v) is 10.5. The minimum absolute atomic E-state index is 0.273. The van der Waals surface area contributed by atoms with E-state index in [1.807, 2.05) is 4.72 Å². The molecule has 0 bridgehead atoms. The van der Waals surface area contributed by atoms with E-state index < -0.39 is 38.6 Å². The molecule has 1 aromatic carbocycles. The predicted molar refractivity (Wildman–Crippen MR) is 60.8 cm³/mol. The molecule has 19 heavy (non-hydrogen) atoms. The second-order valence-corrected chi connectivity index (χ2v) is 6.09. The highest BCUT2D eigenvalue weighted by atomic mass is 32.2. The molecule has 0 aliphatic heterocycles. The number of carboxylic acid groups (broad SMARTS) is 1. The Labute approximate surface area is 108 Å². The van der Waals surface area contributed by atoms with Gasteiger partial charge in [-0.2, -0.15) is 4.72 Å². The van der Waals surface area contributed by atoms with E-state index in [9.17, 15) is 22.0 Å². The van der Waals surface area contributed by atoms with Gasteiger partial charge in [0.1, 0.15) is 17.7 Å². The molecular weight excluding hydrogens is 280 g/mol. The molecule has 2 rings (SSSR count). The summed E-state index contributed by atoms with van der Waals surface area (Å²) in [5.74, 6) is -3.66. The van der Waals surface area contributed by atoms with E-state index in [0.29, 0.717) is 31.0 Å². The van der Waals surface area contributed by atoms with Crippen molar-refractivity contribution in [1.82, 2.24) is 4.72 Å². The van der Waals surface area contributed by atoms with Gasteiger partial charge in [-0.1, -0.05) is 0 Å². The van der Waals surface area contributed by atoms with Gasteiger partial charge in [0.2, 0.25) is 10.0 Å². The first-order valence-corrected chi connectivity index (χ1v) is 6.99. The molecule has 1 unspecified atom stereocenters. The zero-order chi connectivity index (χ0) is 14.2.